The van der Waals surface area contributed by atoms with E-state index in [1.807, 2.05) is 0 Å². The fourth-order valence-corrected chi connectivity index (χ4v) is 3.93. The molecule has 0 atom stereocenters. The molecule has 0 aliphatic carbocycles. The first-order valence-corrected chi connectivity index (χ1v) is 14.6. The molecule has 2 radical (unpaired) electrons. The number of hydrogen-bond donors (Lipinski definition) is 2. The van der Waals surface area contributed by atoms with Gasteiger partial charge in [0, 0.05) is 47.0 Å². The molecule has 0 aliphatic rings. The third-order valence-electron chi connectivity index (χ3n) is 6.15. The number of unbranched alkanes of at least 4 members (excludes halogenated alkanes) is 19. The zero-order chi connectivity index (χ0) is 25.5. The molecule has 0 aromatic rings. The Morgan fingerprint density at radius 2 is 0.694 bits per heavy atom. The van der Waals surface area contributed by atoms with Gasteiger partial charge in [-0.3, -0.25) is 9.59 Å². The van der Waals surface area contributed by atoms with Crippen LogP contribution in [-0.2, 0) is 43.7 Å². The van der Waals surface area contributed by atoms with Crippen molar-refractivity contribution in [2.24, 2.45) is 0 Å². The summed E-state index contributed by atoms with van der Waals surface area (Å²) in [6.45, 7) is 4.49. The van der Waals surface area contributed by atoms with Crippen molar-refractivity contribution in [1.29, 1.82) is 0 Å². The molecule has 0 aliphatic heterocycles. The van der Waals surface area contributed by atoms with Gasteiger partial charge in [-0.1, -0.05) is 129 Å². The number of carboxylic acid groups (broad SMARTS) is 2. The third kappa shape index (κ3) is 47.0. The van der Waals surface area contributed by atoms with Crippen LogP contribution >= 0.6 is 0 Å². The Kier molecular flexibility index (Phi) is 46.6. The van der Waals surface area contributed by atoms with E-state index < -0.39 is 11.9 Å². The SMILES string of the molecule is CCCCCCCC/C=C\CCCCCCCC(=O)O.CCCCCCCCCCCC(=O)O.[Cu].[Cu]. The molecule has 0 aromatic heterocycles. The first-order valence-electron chi connectivity index (χ1n) is 14.6. The van der Waals surface area contributed by atoms with Crippen LogP contribution in [-0.4, -0.2) is 22.2 Å². The van der Waals surface area contributed by atoms with Crippen molar-refractivity contribution in [3.63, 3.8) is 0 Å². The van der Waals surface area contributed by atoms with Gasteiger partial charge in [0.05, 0.1) is 0 Å². The van der Waals surface area contributed by atoms with Crippen LogP contribution in [0.5, 0.6) is 0 Å². The van der Waals surface area contributed by atoms with E-state index in [4.69, 9.17) is 10.2 Å². The first-order chi connectivity index (χ1) is 16.5. The van der Waals surface area contributed by atoms with Crippen molar-refractivity contribution in [3.8, 4) is 0 Å². The van der Waals surface area contributed by atoms with Gasteiger partial charge in [-0.25, -0.2) is 0 Å². The Balaban J connectivity index is -0.000000285. The Morgan fingerprint density at radius 1 is 0.444 bits per heavy atom. The van der Waals surface area contributed by atoms with Gasteiger partial charge in [0.1, 0.15) is 0 Å². The average molecular weight is 610 g/mol. The Morgan fingerprint density at radius 3 is 0.972 bits per heavy atom. The average Bonchev–Trinajstić information content (AvgIpc) is 2.80. The van der Waals surface area contributed by atoms with Crippen LogP contribution in [0.1, 0.15) is 168 Å². The van der Waals surface area contributed by atoms with E-state index in [2.05, 4.69) is 26.0 Å². The predicted molar refractivity (Wildman–Crippen MR) is 147 cm³/mol. The molecule has 0 rings (SSSR count). The monoisotopic (exact) mass is 608 g/mol. The number of carbonyl (C=O) groups is 2. The van der Waals surface area contributed by atoms with Crippen LogP contribution in [0.3, 0.4) is 0 Å². The Labute approximate surface area is 245 Å². The van der Waals surface area contributed by atoms with Crippen molar-refractivity contribution in [1.82, 2.24) is 0 Å². The van der Waals surface area contributed by atoms with Crippen LogP contribution in [0.4, 0.5) is 0 Å². The van der Waals surface area contributed by atoms with Gasteiger partial charge in [0.2, 0.25) is 0 Å². The molecule has 0 unspecified atom stereocenters. The smallest absolute Gasteiger partial charge is 0.303 e. The zero-order valence-electron chi connectivity index (χ0n) is 23.4. The quantitative estimate of drug-likeness (QED) is 0.0614. The van der Waals surface area contributed by atoms with Gasteiger partial charge in [-0.15, -0.1) is 0 Å². The van der Waals surface area contributed by atoms with Crippen LogP contribution < -0.4 is 0 Å². The molecule has 6 heteroatoms. The van der Waals surface area contributed by atoms with E-state index in [1.165, 1.54) is 116 Å². The number of hydrogen-bond acceptors (Lipinski definition) is 2. The second-order valence-electron chi connectivity index (χ2n) is 9.70. The summed E-state index contributed by atoms with van der Waals surface area (Å²) in [5.74, 6) is -1.32. The Bertz CT molecular complexity index is 456. The number of aliphatic carboxylic acids is 2. The van der Waals surface area contributed by atoms with Crippen molar-refractivity contribution in [2.75, 3.05) is 0 Å². The fourth-order valence-electron chi connectivity index (χ4n) is 3.93. The van der Waals surface area contributed by atoms with Gasteiger partial charge in [-0.2, -0.15) is 0 Å². The number of carboxylic acids is 2. The Hall–Kier alpha value is -0.281. The molecule has 4 nitrogen and oxygen atoms in total. The summed E-state index contributed by atoms with van der Waals surface area (Å²) in [6.07, 6.45) is 32.7. The molecule has 0 fully saturated rings. The van der Waals surface area contributed by atoms with E-state index in [0.717, 1.165) is 25.7 Å². The van der Waals surface area contributed by atoms with E-state index in [-0.39, 0.29) is 34.1 Å². The van der Waals surface area contributed by atoms with Gasteiger partial charge >= 0.3 is 11.9 Å². The van der Waals surface area contributed by atoms with Gasteiger partial charge in [0.15, 0.2) is 0 Å². The normalized spacial score (nSPS) is 10.3. The minimum atomic E-state index is -0.664. The molecule has 0 saturated carbocycles. The third-order valence-corrected chi connectivity index (χ3v) is 6.15. The van der Waals surface area contributed by atoms with Crippen LogP contribution in [0, 0.1) is 0 Å². The summed E-state index contributed by atoms with van der Waals surface area (Å²) in [5.41, 5.74) is 0. The minimum absolute atomic E-state index is 0. The van der Waals surface area contributed by atoms with E-state index >= 15 is 0 Å². The van der Waals surface area contributed by atoms with Gasteiger partial charge in [0.25, 0.3) is 0 Å². The molecule has 0 bridgehead atoms. The molecular formula is C30H58Cu2O4. The van der Waals surface area contributed by atoms with E-state index in [9.17, 15) is 9.59 Å². The fraction of sp³-hybridized carbons (Fsp3) is 0.867. The maximum atomic E-state index is 10.3. The van der Waals surface area contributed by atoms with Crippen molar-refractivity contribution in [2.45, 2.75) is 168 Å². The molecule has 2 N–H and O–H groups in total. The zero-order valence-corrected chi connectivity index (χ0v) is 25.3. The topological polar surface area (TPSA) is 74.6 Å². The maximum Gasteiger partial charge on any atom is 0.303 e. The van der Waals surface area contributed by atoms with Crippen LogP contribution in [0.2, 0.25) is 0 Å². The second kappa shape index (κ2) is 39.2. The number of rotatable bonds is 25. The van der Waals surface area contributed by atoms with Crippen molar-refractivity contribution in [3.05, 3.63) is 12.2 Å². The summed E-state index contributed by atoms with van der Waals surface area (Å²) in [7, 11) is 0. The number of allylic oxidation sites excluding steroid dienone is 2. The minimum Gasteiger partial charge on any atom is -0.481 e. The molecule has 0 amide bonds. The summed E-state index contributed by atoms with van der Waals surface area (Å²) in [4.78, 5) is 20.5. The van der Waals surface area contributed by atoms with Gasteiger partial charge < -0.3 is 10.2 Å². The van der Waals surface area contributed by atoms with Crippen LogP contribution in [0.15, 0.2) is 12.2 Å². The maximum absolute atomic E-state index is 10.3. The molecule has 224 valence electrons. The molecule has 0 spiro atoms. The van der Waals surface area contributed by atoms with Crippen LogP contribution in [0.25, 0.3) is 0 Å². The molecule has 36 heavy (non-hydrogen) atoms. The standard InChI is InChI=1S/C18H34O2.C12H24O2.2Cu/c1-2-3-4-5-6-7-8-9-10-11-12-13-14-15-16-17-18(19)20;1-2-3-4-5-6-7-8-9-10-11-12(13)14;;/h9-10H,2-8,11-17H2,1H3,(H,19,20);2-11H2,1H3,(H,13,14);;/b10-9-;;;. The largest absolute Gasteiger partial charge is 0.481 e. The van der Waals surface area contributed by atoms with E-state index in [1.54, 1.807) is 0 Å². The molecule has 0 aromatic carbocycles. The van der Waals surface area contributed by atoms with Gasteiger partial charge in [-0.05, 0) is 38.5 Å². The predicted octanol–water partition coefficient (Wildman–Crippen LogP) is 10.1. The second-order valence-corrected chi connectivity index (χ2v) is 9.70. The summed E-state index contributed by atoms with van der Waals surface area (Å²) < 4.78 is 0. The molecule has 0 saturated heterocycles. The summed E-state index contributed by atoms with van der Waals surface area (Å²) >= 11 is 0. The summed E-state index contributed by atoms with van der Waals surface area (Å²) in [5, 5.41) is 16.9. The summed E-state index contributed by atoms with van der Waals surface area (Å²) in [6, 6.07) is 0. The first kappa shape index (κ1) is 42.8. The molecule has 0 heterocycles. The van der Waals surface area contributed by atoms with Crippen molar-refractivity contribution < 1.29 is 53.9 Å². The van der Waals surface area contributed by atoms with Crippen molar-refractivity contribution >= 4 is 11.9 Å². The molecular weight excluding hydrogens is 551 g/mol. The van der Waals surface area contributed by atoms with E-state index in [0.29, 0.717) is 12.8 Å².